The number of rotatable bonds is 1. The van der Waals surface area contributed by atoms with Crippen molar-refractivity contribution in [1.29, 1.82) is 5.26 Å². The van der Waals surface area contributed by atoms with Gasteiger partial charge in [0.25, 0.3) is 0 Å². The zero-order valence-corrected chi connectivity index (χ0v) is 16.0. The molecule has 0 radical (unpaired) electrons. The number of para-hydroxylation sites is 2. The third-order valence-electron chi connectivity index (χ3n) is 5.02. The van der Waals surface area contributed by atoms with Gasteiger partial charge >= 0.3 is 0 Å². The number of anilines is 3. The third-order valence-corrected chi connectivity index (χ3v) is 5.80. The van der Waals surface area contributed by atoms with Crippen LogP contribution in [0.15, 0.2) is 65.1 Å². The minimum absolute atomic E-state index is 0.179. The average Bonchev–Trinajstić information content (AvgIpc) is 2.65. The largest absolute Gasteiger partial charge is 0.309 e. The minimum Gasteiger partial charge on any atom is -0.309 e. The first-order valence-electron chi connectivity index (χ1n) is 8.33. The Morgan fingerprint density at radius 2 is 1.46 bits per heavy atom. The fraction of sp³-hybridized carbons (Fsp3) is 0.136. The van der Waals surface area contributed by atoms with Gasteiger partial charge < -0.3 is 4.90 Å². The zero-order chi connectivity index (χ0) is 18.5. The average molecular weight is 407 g/mol. The number of halogens is 2. The van der Waals surface area contributed by atoms with E-state index in [2.05, 4.69) is 48.0 Å². The first-order chi connectivity index (χ1) is 12.4. The Morgan fingerprint density at radius 3 is 2.00 bits per heavy atom. The summed E-state index contributed by atoms with van der Waals surface area (Å²) in [6.07, 6.45) is 0. The van der Waals surface area contributed by atoms with Gasteiger partial charge in [-0.2, -0.15) is 5.26 Å². The summed E-state index contributed by atoms with van der Waals surface area (Å²) in [7, 11) is 0. The van der Waals surface area contributed by atoms with Gasteiger partial charge in [-0.05, 0) is 51.3 Å². The second-order valence-corrected chi connectivity index (χ2v) is 7.69. The number of nitriles is 1. The molecule has 2 nitrogen and oxygen atoms in total. The molecule has 26 heavy (non-hydrogen) atoms. The van der Waals surface area contributed by atoms with E-state index >= 15 is 0 Å². The van der Waals surface area contributed by atoms with Crippen LogP contribution in [0.3, 0.4) is 0 Å². The van der Waals surface area contributed by atoms with Crippen molar-refractivity contribution < 1.29 is 4.39 Å². The second-order valence-electron chi connectivity index (χ2n) is 6.90. The van der Waals surface area contributed by atoms with Gasteiger partial charge in [0, 0.05) is 5.41 Å². The van der Waals surface area contributed by atoms with Crippen LogP contribution in [0.2, 0.25) is 0 Å². The van der Waals surface area contributed by atoms with Crippen molar-refractivity contribution in [1.82, 2.24) is 0 Å². The highest BCUT2D eigenvalue weighted by atomic mass is 79.9. The summed E-state index contributed by atoms with van der Waals surface area (Å²) in [5.74, 6) is -0.446. The number of hydrogen-bond acceptors (Lipinski definition) is 2. The molecule has 0 bridgehead atoms. The number of nitrogens with zero attached hydrogens (tertiary/aromatic N) is 2. The molecule has 0 amide bonds. The fourth-order valence-corrected chi connectivity index (χ4v) is 4.14. The van der Waals surface area contributed by atoms with Crippen molar-refractivity contribution in [3.05, 3.63) is 87.6 Å². The quantitative estimate of drug-likeness (QED) is 0.456. The van der Waals surface area contributed by atoms with Crippen LogP contribution < -0.4 is 4.90 Å². The van der Waals surface area contributed by atoms with E-state index in [0.29, 0.717) is 15.7 Å². The van der Waals surface area contributed by atoms with E-state index in [0.717, 1.165) is 22.5 Å². The molecular weight excluding hydrogens is 391 g/mol. The van der Waals surface area contributed by atoms with Crippen molar-refractivity contribution in [2.75, 3.05) is 4.90 Å². The number of hydrogen-bond donors (Lipinski definition) is 0. The molecule has 3 aromatic rings. The van der Waals surface area contributed by atoms with Gasteiger partial charge in [-0.1, -0.05) is 50.2 Å². The van der Waals surface area contributed by atoms with E-state index < -0.39 is 5.82 Å². The summed E-state index contributed by atoms with van der Waals surface area (Å²) in [6, 6.07) is 21.3. The van der Waals surface area contributed by atoms with E-state index in [4.69, 9.17) is 0 Å². The molecule has 4 rings (SSSR count). The summed E-state index contributed by atoms with van der Waals surface area (Å²) < 4.78 is 14.8. The lowest BCUT2D eigenvalue weighted by Crippen LogP contribution is -2.30. The summed E-state index contributed by atoms with van der Waals surface area (Å²) >= 11 is 3.39. The van der Waals surface area contributed by atoms with E-state index in [1.54, 1.807) is 6.07 Å². The molecule has 4 heteroatoms. The molecule has 1 aliphatic heterocycles. The zero-order valence-electron chi connectivity index (χ0n) is 14.4. The van der Waals surface area contributed by atoms with Crippen LogP contribution in [-0.4, -0.2) is 0 Å². The Balaban J connectivity index is 2.09. The predicted molar refractivity (Wildman–Crippen MR) is 106 cm³/mol. The van der Waals surface area contributed by atoms with Gasteiger partial charge in [-0.15, -0.1) is 0 Å². The Bertz CT molecular complexity index is 1020. The first kappa shape index (κ1) is 16.8. The summed E-state index contributed by atoms with van der Waals surface area (Å²) in [5, 5.41) is 9.30. The molecule has 1 aliphatic rings. The van der Waals surface area contributed by atoms with Gasteiger partial charge in [0.15, 0.2) is 0 Å². The Hall–Kier alpha value is -2.64. The van der Waals surface area contributed by atoms with Crippen molar-refractivity contribution in [3.63, 3.8) is 0 Å². The van der Waals surface area contributed by atoms with Crippen LogP contribution in [-0.2, 0) is 5.41 Å². The van der Waals surface area contributed by atoms with E-state index in [-0.39, 0.29) is 5.41 Å². The highest BCUT2D eigenvalue weighted by Gasteiger charge is 2.37. The molecule has 0 aliphatic carbocycles. The van der Waals surface area contributed by atoms with Gasteiger partial charge in [0.2, 0.25) is 0 Å². The van der Waals surface area contributed by atoms with E-state index in [1.807, 2.05) is 41.3 Å². The highest BCUT2D eigenvalue weighted by Crippen LogP contribution is 2.52. The molecule has 3 aromatic carbocycles. The summed E-state index contributed by atoms with van der Waals surface area (Å²) in [6.45, 7) is 4.40. The van der Waals surface area contributed by atoms with Crippen molar-refractivity contribution in [2.24, 2.45) is 0 Å². The molecule has 0 spiro atoms. The molecule has 128 valence electrons. The molecule has 0 saturated heterocycles. The van der Waals surface area contributed by atoms with Crippen LogP contribution in [0.1, 0.15) is 30.5 Å². The normalized spacial score (nSPS) is 14.3. The summed E-state index contributed by atoms with van der Waals surface area (Å²) in [4.78, 5) is 2.03. The summed E-state index contributed by atoms with van der Waals surface area (Å²) in [5.41, 5.74) is 5.04. The first-order valence-corrected chi connectivity index (χ1v) is 9.12. The Kier molecular flexibility index (Phi) is 3.86. The number of fused-ring (bicyclic) bond motifs is 2. The van der Waals surface area contributed by atoms with Crippen molar-refractivity contribution in [2.45, 2.75) is 19.3 Å². The topological polar surface area (TPSA) is 27.0 Å². The molecule has 1 heterocycles. The van der Waals surface area contributed by atoms with Crippen LogP contribution in [0.5, 0.6) is 0 Å². The Labute approximate surface area is 160 Å². The lowest BCUT2D eigenvalue weighted by Gasteiger charge is -2.42. The Morgan fingerprint density at radius 1 is 0.923 bits per heavy atom. The second kappa shape index (κ2) is 5.96. The van der Waals surface area contributed by atoms with Crippen LogP contribution >= 0.6 is 15.9 Å². The molecule has 0 N–H and O–H groups in total. The van der Waals surface area contributed by atoms with Crippen LogP contribution in [0, 0.1) is 17.1 Å². The molecular formula is C22H16BrFN2. The molecule has 0 fully saturated rings. The number of benzene rings is 3. The molecule has 0 saturated carbocycles. The highest BCUT2D eigenvalue weighted by molar-refractivity contribution is 9.10. The van der Waals surface area contributed by atoms with E-state index in [1.165, 1.54) is 6.07 Å². The van der Waals surface area contributed by atoms with Gasteiger partial charge in [-0.25, -0.2) is 4.39 Å². The molecule has 0 unspecified atom stereocenters. The van der Waals surface area contributed by atoms with Crippen LogP contribution in [0.25, 0.3) is 0 Å². The van der Waals surface area contributed by atoms with Gasteiger partial charge in [-0.3, -0.25) is 0 Å². The standard InChI is InChI=1S/C22H16BrFN2/c1-22(2)15-7-3-5-9-18(15)26(19-10-6-4-8-16(19)22)20-12-14(13-25)11-17(24)21(20)23/h3-12H,1-2H3. The lowest BCUT2D eigenvalue weighted by molar-refractivity contribution is 0.619. The third kappa shape index (κ3) is 2.35. The van der Waals surface area contributed by atoms with Crippen molar-refractivity contribution in [3.8, 4) is 6.07 Å². The molecule has 0 aromatic heterocycles. The maximum absolute atomic E-state index is 14.5. The molecule has 0 atom stereocenters. The lowest BCUT2D eigenvalue weighted by atomic mass is 9.73. The van der Waals surface area contributed by atoms with Crippen molar-refractivity contribution >= 4 is 33.0 Å². The van der Waals surface area contributed by atoms with Gasteiger partial charge in [0.1, 0.15) is 5.82 Å². The minimum atomic E-state index is -0.446. The smallest absolute Gasteiger partial charge is 0.140 e. The maximum atomic E-state index is 14.5. The predicted octanol–water partition coefficient (Wildman–Crippen LogP) is 6.57. The fourth-order valence-electron chi connectivity index (χ4n) is 3.73. The SMILES string of the molecule is CC1(C)c2ccccc2N(c2cc(C#N)cc(F)c2Br)c2ccccc21. The van der Waals surface area contributed by atoms with Gasteiger partial charge in [0.05, 0.1) is 33.2 Å². The monoisotopic (exact) mass is 406 g/mol. The maximum Gasteiger partial charge on any atom is 0.140 e. The van der Waals surface area contributed by atoms with Crippen LogP contribution in [0.4, 0.5) is 21.5 Å². The van der Waals surface area contributed by atoms with E-state index in [9.17, 15) is 9.65 Å².